The van der Waals surface area contributed by atoms with E-state index in [1.165, 1.54) is 0 Å². The molecule has 22 heavy (non-hydrogen) atoms. The molecule has 1 aromatic heterocycles. The molecule has 2 amide bonds. The molecule has 2 N–H and O–H groups in total. The van der Waals surface area contributed by atoms with E-state index in [1.807, 2.05) is 20.8 Å². The second-order valence-electron chi connectivity index (χ2n) is 5.99. The maximum absolute atomic E-state index is 12.2. The van der Waals surface area contributed by atoms with Gasteiger partial charge in [-0.05, 0) is 33.6 Å². The average Bonchev–Trinajstić information content (AvgIpc) is 3.03. The number of hydrogen-bond donors (Lipinski definition) is 1. The van der Waals surface area contributed by atoms with E-state index in [0.717, 1.165) is 24.6 Å². The summed E-state index contributed by atoms with van der Waals surface area (Å²) in [6.07, 6.45) is 1.19. The number of ether oxygens (including phenoxy) is 1. The van der Waals surface area contributed by atoms with Crippen molar-refractivity contribution in [1.82, 2.24) is 15.1 Å². The van der Waals surface area contributed by atoms with Crippen molar-refractivity contribution < 1.29 is 18.7 Å². The SMILES string of the molecule is CC(C)(C)OC(=O)N1CCC[C@H]1c1nnc(SCC(N)=O)o1. The van der Waals surface area contributed by atoms with Gasteiger partial charge in [0.2, 0.25) is 11.8 Å². The summed E-state index contributed by atoms with van der Waals surface area (Å²) in [5.41, 5.74) is 4.52. The minimum Gasteiger partial charge on any atom is -0.444 e. The molecule has 1 aromatic rings. The lowest BCUT2D eigenvalue weighted by atomic mass is 10.2. The highest BCUT2D eigenvalue weighted by molar-refractivity contribution is 7.99. The molecule has 2 rings (SSSR count). The van der Waals surface area contributed by atoms with E-state index in [2.05, 4.69) is 10.2 Å². The molecular formula is C13H20N4O4S. The van der Waals surface area contributed by atoms with Crippen molar-refractivity contribution in [3.8, 4) is 0 Å². The van der Waals surface area contributed by atoms with Crippen LogP contribution >= 0.6 is 11.8 Å². The van der Waals surface area contributed by atoms with Crippen molar-refractivity contribution in [2.75, 3.05) is 12.3 Å². The Morgan fingerprint density at radius 1 is 1.45 bits per heavy atom. The Hall–Kier alpha value is -1.77. The van der Waals surface area contributed by atoms with Crippen LogP contribution in [-0.4, -0.2) is 45.0 Å². The maximum Gasteiger partial charge on any atom is 0.410 e. The molecular weight excluding hydrogens is 308 g/mol. The highest BCUT2D eigenvalue weighted by atomic mass is 32.2. The van der Waals surface area contributed by atoms with E-state index >= 15 is 0 Å². The number of nitrogens with two attached hydrogens (primary N) is 1. The highest BCUT2D eigenvalue weighted by Crippen LogP contribution is 2.33. The molecule has 9 heteroatoms. The Morgan fingerprint density at radius 3 is 2.82 bits per heavy atom. The second kappa shape index (κ2) is 6.55. The number of likely N-dealkylation sites (tertiary alicyclic amines) is 1. The van der Waals surface area contributed by atoms with Crippen LogP contribution in [0.4, 0.5) is 4.79 Å². The van der Waals surface area contributed by atoms with Gasteiger partial charge in [0.15, 0.2) is 0 Å². The van der Waals surface area contributed by atoms with Gasteiger partial charge in [-0.2, -0.15) is 0 Å². The fourth-order valence-electron chi connectivity index (χ4n) is 2.11. The summed E-state index contributed by atoms with van der Waals surface area (Å²) in [5.74, 6) is -0.0291. The van der Waals surface area contributed by atoms with Crippen LogP contribution in [0.25, 0.3) is 0 Å². The van der Waals surface area contributed by atoms with Crippen molar-refractivity contribution >= 4 is 23.8 Å². The Morgan fingerprint density at radius 2 is 2.18 bits per heavy atom. The largest absolute Gasteiger partial charge is 0.444 e. The molecule has 122 valence electrons. The summed E-state index contributed by atoms with van der Waals surface area (Å²) in [6, 6.07) is -0.287. The molecule has 1 saturated heterocycles. The molecule has 0 aromatic carbocycles. The first kappa shape index (κ1) is 16.6. The van der Waals surface area contributed by atoms with Gasteiger partial charge in [0.1, 0.15) is 11.6 Å². The summed E-state index contributed by atoms with van der Waals surface area (Å²) in [6.45, 7) is 6.05. The summed E-state index contributed by atoms with van der Waals surface area (Å²) in [5, 5.41) is 8.10. The zero-order chi connectivity index (χ0) is 16.3. The fourth-order valence-corrected chi connectivity index (χ4v) is 2.62. The fraction of sp³-hybridized carbons (Fsp3) is 0.692. The van der Waals surface area contributed by atoms with Gasteiger partial charge in [-0.3, -0.25) is 9.69 Å². The Kier molecular flexibility index (Phi) is 4.94. The predicted octanol–water partition coefficient (Wildman–Crippen LogP) is 1.72. The van der Waals surface area contributed by atoms with Crippen LogP contribution in [0.5, 0.6) is 0 Å². The van der Waals surface area contributed by atoms with Gasteiger partial charge < -0.3 is 14.9 Å². The van der Waals surface area contributed by atoms with Crippen molar-refractivity contribution in [1.29, 1.82) is 0 Å². The van der Waals surface area contributed by atoms with Crippen molar-refractivity contribution in [3.63, 3.8) is 0 Å². The van der Waals surface area contributed by atoms with Crippen LogP contribution in [0.15, 0.2) is 9.64 Å². The summed E-state index contributed by atoms with van der Waals surface area (Å²) in [4.78, 5) is 24.6. The summed E-state index contributed by atoms with van der Waals surface area (Å²) in [7, 11) is 0. The van der Waals surface area contributed by atoms with Gasteiger partial charge >= 0.3 is 6.09 Å². The molecule has 1 atom stereocenters. The molecule has 8 nitrogen and oxygen atoms in total. The van der Waals surface area contributed by atoms with E-state index in [4.69, 9.17) is 14.9 Å². The third-order valence-electron chi connectivity index (χ3n) is 2.93. The van der Waals surface area contributed by atoms with Gasteiger partial charge in [0.05, 0.1) is 5.75 Å². The number of carbonyl (C=O) groups is 2. The number of aromatic nitrogens is 2. The zero-order valence-electron chi connectivity index (χ0n) is 12.9. The average molecular weight is 328 g/mol. The third kappa shape index (κ3) is 4.36. The first-order valence-electron chi connectivity index (χ1n) is 7.00. The standard InChI is InChI=1S/C13H20N4O4S/c1-13(2,3)21-12(19)17-6-4-5-8(17)10-15-16-11(20-10)22-7-9(14)18/h8H,4-7H2,1-3H3,(H2,14,18)/t8-/m0/s1. The van der Waals surface area contributed by atoms with Crippen LogP contribution < -0.4 is 5.73 Å². The van der Waals surface area contributed by atoms with Gasteiger partial charge in [-0.1, -0.05) is 11.8 Å². The minimum absolute atomic E-state index is 0.0715. The van der Waals surface area contributed by atoms with E-state index in [1.54, 1.807) is 4.90 Å². The van der Waals surface area contributed by atoms with E-state index in [-0.39, 0.29) is 23.1 Å². The molecule has 1 fully saturated rings. The quantitative estimate of drug-likeness (QED) is 0.837. The number of amides is 2. The summed E-state index contributed by atoms with van der Waals surface area (Å²) >= 11 is 1.08. The van der Waals surface area contributed by atoms with E-state index in [9.17, 15) is 9.59 Å². The monoisotopic (exact) mass is 328 g/mol. The maximum atomic E-state index is 12.2. The molecule has 1 aliphatic heterocycles. The van der Waals surface area contributed by atoms with E-state index < -0.39 is 11.5 Å². The van der Waals surface area contributed by atoms with Crippen molar-refractivity contribution in [2.45, 2.75) is 50.5 Å². The molecule has 0 radical (unpaired) electrons. The molecule has 0 unspecified atom stereocenters. The molecule has 0 saturated carbocycles. The topological polar surface area (TPSA) is 112 Å². The van der Waals surface area contributed by atoms with Crippen LogP contribution in [0.1, 0.15) is 45.5 Å². The summed E-state index contributed by atoms with van der Waals surface area (Å²) < 4.78 is 10.9. The number of primary amides is 1. The first-order chi connectivity index (χ1) is 10.3. The minimum atomic E-state index is -0.554. The van der Waals surface area contributed by atoms with Gasteiger partial charge in [-0.15, -0.1) is 10.2 Å². The Balaban J connectivity index is 2.04. The first-order valence-corrected chi connectivity index (χ1v) is 7.99. The highest BCUT2D eigenvalue weighted by Gasteiger charge is 2.36. The van der Waals surface area contributed by atoms with Gasteiger partial charge in [0, 0.05) is 6.54 Å². The van der Waals surface area contributed by atoms with Crippen LogP contribution in [0.3, 0.4) is 0 Å². The van der Waals surface area contributed by atoms with Gasteiger partial charge in [-0.25, -0.2) is 4.79 Å². The molecule has 1 aliphatic rings. The van der Waals surface area contributed by atoms with E-state index in [0.29, 0.717) is 12.4 Å². The predicted molar refractivity (Wildman–Crippen MR) is 79.1 cm³/mol. The number of rotatable bonds is 4. The normalized spacial score (nSPS) is 18.5. The molecule has 0 spiro atoms. The lowest BCUT2D eigenvalue weighted by molar-refractivity contribution is -0.115. The Labute approximate surface area is 132 Å². The lowest BCUT2D eigenvalue weighted by Gasteiger charge is -2.27. The number of hydrogen-bond acceptors (Lipinski definition) is 7. The Bertz CT molecular complexity index is 554. The number of carbonyl (C=O) groups excluding carboxylic acids is 2. The third-order valence-corrected chi connectivity index (χ3v) is 3.77. The second-order valence-corrected chi connectivity index (χ2v) is 6.92. The molecule has 0 bridgehead atoms. The number of thioether (sulfide) groups is 1. The van der Waals surface area contributed by atoms with Crippen LogP contribution in [0.2, 0.25) is 0 Å². The zero-order valence-corrected chi connectivity index (χ0v) is 13.7. The molecule has 0 aliphatic carbocycles. The van der Waals surface area contributed by atoms with Crippen molar-refractivity contribution in [3.05, 3.63) is 5.89 Å². The van der Waals surface area contributed by atoms with Crippen molar-refractivity contribution in [2.24, 2.45) is 5.73 Å². The molecule has 2 heterocycles. The van der Waals surface area contributed by atoms with Crippen LogP contribution in [0, 0.1) is 0 Å². The lowest BCUT2D eigenvalue weighted by Crippen LogP contribution is -2.36. The van der Waals surface area contributed by atoms with Crippen LogP contribution in [-0.2, 0) is 9.53 Å². The number of nitrogens with zero attached hydrogens (tertiary/aromatic N) is 3. The smallest absolute Gasteiger partial charge is 0.410 e. The van der Waals surface area contributed by atoms with Gasteiger partial charge in [0.25, 0.3) is 5.22 Å².